The molecule has 0 spiro atoms. The fraction of sp³-hybridized carbons (Fsp3) is 0.538. The predicted octanol–water partition coefficient (Wildman–Crippen LogP) is 1.52. The molecule has 1 aliphatic rings. The van der Waals surface area contributed by atoms with E-state index >= 15 is 0 Å². The third-order valence-corrected chi connectivity index (χ3v) is 2.96. The van der Waals surface area contributed by atoms with Crippen LogP contribution in [0.1, 0.15) is 30.8 Å². The summed E-state index contributed by atoms with van der Waals surface area (Å²) in [5, 5.41) is 3.88. The summed E-state index contributed by atoms with van der Waals surface area (Å²) in [6, 6.07) is 3.67. The maximum atomic E-state index is 11.6. The van der Waals surface area contributed by atoms with Gasteiger partial charge in [0.15, 0.2) is 0 Å². The molecule has 98 valence electrons. The molecule has 1 aromatic heterocycles. The van der Waals surface area contributed by atoms with Gasteiger partial charge in [0.05, 0.1) is 12.8 Å². The highest BCUT2D eigenvalue weighted by atomic mass is 16.3. The Morgan fingerprint density at radius 2 is 2.22 bits per heavy atom. The lowest BCUT2D eigenvalue weighted by Gasteiger charge is -2.25. The molecular formula is C13H19N3O2. The van der Waals surface area contributed by atoms with E-state index in [1.54, 1.807) is 0 Å². The molecule has 0 unspecified atom stereocenters. The van der Waals surface area contributed by atoms with Crippen LogP contribution in [0.4, 0.5) is 0 Å². The number of aryl methyl sites for hydroxylation is 1. The molecule has 0 bridgehead atoms. The van der Waals surface area contributed by atoms with Crippen molar-refractivity contribution in [3.05, 3.63) is 23.7 Å². The van der Waals surface area contributed by atoms with Crippen LogP contribution in [0.2, 0.25) is 0 Å². The first-order valence-electron chi connectivity index (χ1n) is 6.35. The second kappa shape index (κ2) is 6.35. The van der Waals surface area contributed by atoms with E-state index in [1.807, 2.05) is 19.1 Å². The van der Waals surface area contributed by atoms with Gasteiger partial charge in [0.1, 0.15) is 11.5 Å². The lowest BCUT2D eigenvalue weighted by atomic mass is 10.1. The zero-order valence-electron chi connectivity index (χ0n) is 10.7. The number of hydrogen-bond donors (Lipinski definition) is 1. The van der Waals surface area contributed by atoms with E-state index in [4.69, 9.17) is 4.42 Å². The van der Waals surface area contributed by atoms with Gasteiger partial charge in [0.2, 0.25) is 0 Å². The van der Waals surface area contributed by atoms with E-state index in [-0.39, 0.29) is 5.91 Å². The molecule has 2 heterocycles. The summed E-state index contributed by atoms with van der Waals surface area (Å²) >= 11 is 0. The summed E-state index contributed by atoms with van der Waals surface area (Å²) in [6.07, 6.45) is 5.15. The Morgan fingerprint density at radius 3 is 2.89 bits per heavy atom. The van der Waals surface area contributed by atoms with Gasteiger partial charge in [0.25, 0.3) is 5.91 Å². The summed E-state index contributed by atoms with van der Waals surface area (Å²) in [4.78, 5) is 13.8. The molecule has 0 radical (unpaired) electrons. The van der Waals surface area contributed by atoms with E-state index in [0.29, 0.717) is 12.3 Å². The van der Waals surface area contributed by atoms with Crippen molar-refractivity contribution in [1.29, 1.82) is 0 Å². The van der Waals surface area contributed by atoms with E-state index in [0.717, 1.165) is 18.8 Å². The standard InChI is InChI=1S/C13H19N3O2/c1-11-5-6-12(18-11)9-14-15-13(17)10-16-7-3-2-4-8-16/h5-6,9H,2-4,7-8,10H2,1H3,(H,15,17)/b14-9+. The first-order chi connectivity index (χ1) is 8.74. The van der Waals surface area contributed by atoms with Crippen molar-refractivity contribution >= 4 is 12.1 Å². The summed E-state index contributed by atoms with van der Waals surface area (Å²) in [5.74, 6) is 1.40. The molecule has 0 aliphatic carbocycles. The van der Waals surface area contributed by atoms with Crippen LogP contribution in [0.25, 0.3) is 0 Å². The van der Waals surface area contributed by atoms with Gasteiger partial charge in [0, 0.05) is 0 Å². The molecular weight excluding hydrogens is 230 g/mol. The summed E-state index contributed by atoms with van der Waals surface area (Å²) < 4.78 is 5.30. The van der Waals surface area contributed by atoms with Crippen molar-refractivity contribution in [3.63, 3.8) is 0 Å². The lowest BCUT2D eigenvalue weighted by Crippen LogP contribution is -2.38. The van der Waals surface area contributed by atoms with Gasteiger partial charge in [-0.25, -0.2) is 5.43 Å². The Labute approximate surface area is 107 Å². The molecule has 1 fully saturated rings. The third kappa shape index (κ3) is 4.00. The Bertz CT molecular complexity index is 420. The van der Waals surface area contributed by atoms with Crippen molar-refractivity contribution in [2.24, 2.45) is 5.10 Å². The highest BCUT2D eigenvalue weighted by molar-refractivity contribution is 5.81. The van der Waals surface area contributed by atoms with Gasteiger partial charge in [-0.2, -0.15) is 5.10 Å². The number of hydrazone groups is 1. The van der Waals surface area contributed by atoms with Crippen LogP contribution in [0, 0.1) is 6.92 Å². The van der Waals surface area contributed by atoms with Crippen LogP contribution >= 0.6 is 0 Å². The van der Waals surface area contributed by atoms with Gasteiger partial charge < -0.3 is 4.42 Å². The number of hydrogen-bond acceptors (Lipinski definition) is 4. The van der Waals surface area contributed by atoms with Crippen LogP contribution in [0.5, 0.6) is 0 Å². The number of rotatable bonds is 4. The van der Waals surface area contributed by atoms with E-state index in [1.165, 1.54) is 25.5 Å². The first-order valence-corrected chi connectivity index (χ1v) is 6.35. The zero-order valence-corrected chi connectivity index (χ0v) is 10.7. The fourth-order valence-electron chi connectivity index (χ4n) is 2.05. The zero-order chi connectivity index (χ0) is 12.8. The molecule has 1 saturated heterocycles. The van der Waals surface area contributed by atoms with Crippen molar-refractivity contribution < 1.29 is 9.21 Å². The Morgan fingerprint density at radius 1 is 1.44 bits per heavy atom. The summed E-state index contributed by atoms with van der Waals surface area (Å²) in [6.45, 7) is 4.31. The van der Waals surface area contributed by atoms with Gasteiger partial charge in [-0.15, -0.1) is 0 Å². The summed E-state index contributed by atoms with van der Waals surface area (Å²) in [7, 11) is 0. The SMILES string of the molecule is Cc1ccc(/C=N/NC(=O)CN2CCCCC2)o1. The van der Waals surface area contributed by atoms with Crippen molar-refractivity contribution in [2.45, 2.75) is 26.2 Å². The second-order valence-corrected chi connectivity index (χ2v) is 4.58. The molecule has 5 heteroatoms. The van der Waals surface area contributed by atoms with E-state index in [9.17, 15) is 4.79 Å². The molecule has 18 heavy (non-hydrogen) atoms. The highest BCUT2D eigenvalue weighted by Crippen LogP contribution is 2.07. The van der Waals surface area contributed by atoms with Crippen molar-refractivity contribution in [3.8, 4) is 0 Å². The van der Waals surface area contributed by atoms with Crippen LogP contribution in [-0.2, 0) is 4.79 Å². The molecule has 2 rings (SSSR count). The van der Waals surface area contributed by atoms with Gasteiger partial charge in [-0.05, 0) is 45.0 Å². The Hall–Kier alpha value is -1.62. The largest absolute Gasteiger partial charge is 0.460 e. The first kappa shape index (κ1) is 12.8. The topological polar surface area (TPSA) is 57.8 Å². The molecule has 0 atom stereocenters. The third-order valence-electron chi connectivity index (χ3n) is 2.96. The normalized spacial score (nSPS) is 17.2. The van der Waals surface area contributed by atoms with Crippen LogP contribution in [0.15, 0.2) is 21.7 Å². The van der Waals surface area contributed by atoms with Crippen molar-refractivity contribution in [1.82, 2.24) is 10.3 Å². The number of nitrogens with one attached hydrogen (secondary N) is 1. The molecule has 5 nitrogen and oxygen atoms in total. The van der Waals surface area contributed by atoms with Gasteiger partial charge in [-0.1, -0.05) is 6.42 Å². The molecule has 1 aromatic rings. The van der Waals surface area contributed by atoms with E-state index < -0.39 is 0 Å². The maximum absolute atomic E-state index is 11.6. The van der Waals surface area contributed by atoms with E-state index in [2.05, 4.69) is 15.4 Å². The number of furan rings is 1. The van der Waals surface area contributed by atoms with Crippen molar-refractivity contribution in [2.75, 3.05) is 19.6 Å². The molecule has 1 aliphatic heterocycles. The lowest BCUT2D eigenvalue weighted by molar-refractivity contribution is -0.122. The molecule has 0 aromatic carbocycles. The average Bonchev–Trinajstić information content (AvgIpc) is 2.76. The number of carbonyl (C=O) groups excluding carboxylic acids is 1. The Kier molecular flexibility index (Phi) is 4.52. The smallest absolute Gasteiger partial charge is 0.254 e. The quantitative estimate of drug-likeness (QED) is 0.650. The number of nitrogens with zero attached hydrogens (tertiary/aromatic N) is 2. The van der Waals surface area contributed by atoms with Crippen LogP contribution in [0.3, 0.4) is 0 Å². The minimum absolute atomic E-state index is 0.0728. The number of likely N-dealkylation sites (tertiary alicyclic amines) is 1. The highest BCUT2D eigenvalue weighted by Gasteiger charge is 2.12. The predicted molar refractivity (Wildman–Crippen MR) is 69.5 cm³/mol. The van der Waals surface area contributed by atoms with Crippen LogP contribution < -0.4 is 5.43 Å². The molecule has 1 N–H and O–H groups in total. The van der Waals surface area contributed by atoms with Crippen LogP contribution in [-0.4, -0.2) is 36.7 Å². The van der Waals surface area contributed by atoms with Gasteiger partial charge >= 0.3 is 0 Å². The monoisotopic (exact) mass is 249 g/mol. The second-order valence-electron chi connectivity index (χ2n) is 4.58. The number of carbonyl (C=O) groups is 1. The number of piperidine rings is 1. The fourth-order valence-corrected chi connectivity index (χ4v) is 2.05. The maximum Gasteiger partial charge on any atom is 0.254 e. The number of amides is 1. The Balaban J connectivity index is 1.72. The average molecular weight is 249 g/mol. The minimum atomic E-state index is -0.0728. The van der Waals surface area contributed by atoms with Gasteiger partial charge in [-0.3, -0.25) is 9.69 Å². The summed E-state index contributed by atoms with van der Waals surface area (Å²) in [5.41, 5.74) is 2.52. The molecule has 0 saturated carbocycles. The molecule has 1 amide bonds. The minimum Gasteiger partial charge on any atom is -0.460 e.